The number of carbonyl (C=O) groups excluding carboxylic acids is 2. The molecule has 5 rings (SSSR count). The van der Waals surface area contributed by atoms with Gasteiger partial charge in [-0.3, -0.25) is 19.3 Å². The van der Waals surface area contributed by atoms with Gasteiger partial charge in [-0.15, -0.1) is 0 Å². The standard InChI is InChI=1S/C23H32N2O6S.C12H15NO2.C11H17NO4S.CH4/c1-5-17(2)31-25(32(28,29)21-13-11-20(30-4)12-14-21)16-23(27)22(24-18(3)26)15-19-9-7-6-8-10-19;1-9(14)13-11(12-8-15-12)7-10-5-3-2-4-6-10;1-4-9(2)16-12-17(13,14)11-7-5-10(15-3)6-8-11;/h6-14,17,22-23,27H,5,15-16H2,1-4H3,(H,24,26);2-6,11-12H,7-8H2,1H3,(H,13,14);5-9,12H,4H2,1-3H3;1H4. The quantitative estimate of drug-likeness (QED) is 0.0529. The van der Waals surface area contributed by atoms with E-state index < -0.39 is 38.3 Å². The van der Waals surface area contributed by atoms with E-state index in [1.807, 2.05) is 62.4 Å². The highest BCUT2D eigenvalue weighted by molar-refractivity contribution is 7.89. The number of ether oxygens (including phenoxy) is 3. The van der Waals surface area contributed by atoms with Gasteiger partial charge in [0.15, 0.2) is 0 Å². The number of carbonyl (C=O) groups is 2. The van der Waals surface area contributed by atoms with Crippen LogP contribution in [0.25, 0.3) is 0 Å². The average Bonchev–Trinajstić information content (AvgIpc) is 4.14. The summed E-state index contributed by atoms with van der Waals surface area (Å²) in [5, 5.41) is 16.6. The van der Waals surface area contributed by atoms with Crippen LogP contribution in [0, 0.1) is 0 Å². The molecular formula is C47H68N4O12S2. The SMILES string of the molecule is C.CC(=O)NC(Cc1ccccc1)C1CO1.CCC(C)ON(CC(O)C(Cc1ccccc1)NC(C)=O)S(=O)(=O)c1ccc(OC)cc1.CCC(C)ONS(=O)(=O)c1ccc(OC)cc1. The maximum Gasteiger partial charge on any atom is 0.265 e. The van der Waals surface area contributed by atoms with Crippen LogP contribution in [-0.2, 0) is 56.9 Å². The highest BCUT2D eigenvalue weighted by Gasteiger charge is 2.34. The minimum Gasteiger partial charge on any atom is -0.497 e. The third-order valence-electron chi connectivity index (χ3n) is 9.78. The molecule has 2 amide bonds. The number of aliphatic hydroxyl groups excluding tert-OH is 1. The number of aliphatic hydroxyl groups is 1. The molecule has 6 unspecified atom stereocenters. The van der Waals surface area contributed by atoms with Crippen molar-refractivity contribution in [1.82, 2.24) is 20.0 Å². The van der Waals surface area contributed by atoms with Crippen LogP contribution in [0.1, 0.15) is 72.9 Å². The molecule has 0 aromatic heterocycles. The van der Waals surface area contributed by atoms with E-state index in [4.69, 9.17) is 23.9 Å². The molecule has 1 fully saturated rings. The Morgan fingerprint density at radius 1 is 0.723 bits per heavy atom. The Morgan fingerprint density at radius 3 is 1.62 bits per heavy atom. The highest BCUT2D eigenvalue weighted by atomic mass is 32.2. The molecule has 0 bridgehead atoms. The smallest absolute Gasteiger partial charge is 0.265 e. The zero-order valence-electron chi connectivity index (χ0n) is 37.8. The van der Waals surface area contributed by atoms with Crippen LogP contribution in [0.2, 0.25) is 0 Å². The van der Waals surface area contributed by atoms with Gasteiger partial charge in [-0.2, -0.15) is 0 Å². The fourth-order valence-corrected chi connectivity index (χ4v) is 7.96. The fourth-order valence-electron chi connectivity index (χ4n) is 5.75. The zero-order chi connectivity index (χ0) is 47.3. The van der Waals surface area contributed by atoms with Crippen molar-refractivity contribution in [2.45, 2.75) is 121 Å². The molecule has 1 aliphatic rings. The van der Waals surface area contributed by atoms with E-state index in [0.717, 1.165) is 29.5 Å². The van der Waals surface area contributed by atoms with Crippen LogP contribution in [0.4, 0.5) is 0 Å². The van der Waals surface area contributed by atoms with Gasteiger partial charge in [0, 0.05) is 13.8 Å². The molecule has 360 valence electrons. The number of epoxide rings is 1. The van der Waals surface area contributed by atoms with E-state index >= 15 is 0 Å². The number of hydrogen-bond donors (Lipinski definition) is 4. The van der Waals surface area contributed by atoms with E-state index in [0.29, 0.717) is 24.3 Å². The summed E-state index contributed by atoms with van der Waals surface area (Å²) >= 11 is 0. The number of rotatable bonds is 22. The molecular weight excluding hydrogens is 877 g/mol. The Balaban J connectivity index is 0.000000368. The summed E-state index contributed by atoms with van der Waals surface area (Å²) in [7, 11) is -4.68. The molecule has 16 nitrogen and oxygen atoms in total. The molecule has 18 heteroatoms. The summed E-state index contributed by atoms with van der Waals surface area (Å²) in [6.07, 6.45) is 0.901. The number of nitrogens with one attached hydrogen (secondary N) is 3. The van der Waals surface area contributed by atoms with Gasteiger partial charge < -0.3 is 30.0 Å². The summed E-state index contributed by atoms with van der Waals surface area (Å²) < 4.78 is 66.2. The van der Waals surface area contributed by atoms with Crippen molar-refractivity contribution in [2.24, 2.45) is 0 Å². The molecule has 1 aliphatic heterocycles. The van der Waals surface area contributed by atoms with Crippen molar-refractivity contribution in [2.75, 3.05) is 27.4 Å². The minimum absolute atomic E-state index is 0. The van der Waals surface area contributed by atoms with Crippen molar-refractivity contribution >= 4 is 31.9 Å². The van der Waals surface area contributed by atoms with E-state index in [1.54, 1.807) is 45.0 Å². The first-order valence-corrected chi connectivity index (χ1v) is 23.9. The second kappa shape index (κ2) is 28.2. The number of sulfonamides is 2. The Labute approximate surface area is 386 Å². The van der Waals surface area contributed by atoms with Crippen molar-refractivity contribution in [1.29, 1.82) is 0 Å². The first-order chi connectivity index (χ1) is 30.4. The summed E-state index contributed by atoms with van der Waals surface area (Å²) in [4.78, 5) is 35.7. The van der Waals surface area contributed by atoms with Gasteiger partial charge in [0.1, 0.15) is 17.6 Å². The van der Waals surface area contributed by atoms with Crippen molar-refractivity contribution in [3.05, 3.63) is 120 Å². The molecule has 65 heavy (non-hydrogen) atoms. The maximum atomic E-state index is 13.3. The molecule has 0 aliphatic carbocycles. The number of amides is 2. The molecule has 6 atom stereocenters. The van der Waals surface area contributed by atoms with Gasteiger partial charge in [0.25, 0.3) is 20.0 Å². The Kier molecular flexibility index (Phi) is 24.4. The third-order valence-corrected chi connectivity index (χ3v) is 12.6. The third kappa shape index (κ3) is 20.0. The van der Waals surface area contributed by atoms with Gasteiger partial charge in [-0.1, -0.05) is 91.3 Å². The van der Waals surface area contributed by atoms with E-state index in [1.165, 1.54) is 51.0 Å². The van der Waals surface area contributed by atoms with Crippen LogP contribution < -0.4 is 25.0 Å². The van der Waals surface area contributed by atoms with E-state index in [-0.39, 0.29) is 53.8 Å². The van der Waals surface area contributed by atoms with Crippen molar-refractivity contribution in [3.63, 3.8) is 0 Å². The lowest BCUT2D eigenvalue weighted by molar-refractivity contribution is -0.144. The molecule has 0 saturated carbocycles. The Morgan fingerprint density at radius 2 is 1.18 bits per heavy atom. The fraction of sp³-hybridized carbons (Fsp3) is 0.447. The number of hydroxylamine groups is 1. The minimum atomic E-state index is -4.08. The van der Waals surface area contributed by atoms with Crippen LogP contribution in [0.15, 0.2) is 119 Å². The predicted molar refractivity (Wildman–Crippen MR) is 250 cm³/mol. The van der Waals surface area contributed by atoms with Gasteiger partial charge in [0.05, 0.1) is 67.6 Å². The number of methoxy groups -OCH3 is 2. The first-order valence-electron chi connectivity index (χ1n) is 21.0. The lowest BCUT2D eigenvalue weighted by atomic mass is 10.0. The lowest BCUT2D eigenvalue weighted by Gasteiger charge is -2.30. The summed E-state index contributed by atoms with van der Waals surface area (Å²) in [5.41, 5.74) is 2.13. The lowest BCUT2D eigenvalue weighted by Crippen LogP contribution is -2.50. The topological polar surface area (TPSA) is 211 Å². The summed E-state index contributed by atoms with van der Waals surface area (Å²) in [5.74, 6) is 0.808. The average molecular weight is 945 g/mol. The van der Waals surface area contributed by atoms with Crippen LogP contribution in [-0.4, -0.2) is 102 Å². The van der Waals surface area contributed by atoms with Gasteiger partial charge in [-0.05, 0) is 99.2 Å². The molecule has 1 saturated heterocycles. The van der Waals surface area contributed by atoms with Gasteiger partial charge in [-0.25, -0.2) is 16.8 Å². The first kappa shape index (κ1) is 56.2. The van der Waals surface area contributed by atoms with Crippen LogP contribution in [0.3, 0.4) is 0 Å². The Hall–Kier alpha value is -4.92. The number of benzene rings is 4. The number of nitrogens with zero attached hydrogens (tertiary/aromatic N) is 1. The largest absolute Gasteiger partial charge is 0.497 e. The molecule has 0 radical (unpaired) electrons. The van der Waals surface area contributed by atoms with E-state index in [9.17, 15) is 31.5 Å². The van der Waals surface area contributed by atoms with Crippen LogP contribution in [0.5, 0.6) is 11.5 Å². The van der Waals surface area contributed by atoms with Crippen molar-refractivity contribution < 1.29 is 55.4 Å². The maximum absolute atomic E-state index is 13.3. The monoisotopic (exact) mass is 944 g/mol. The molecule has 0 spiro atoms. The van der Waals surface area contributed by atoms with Gasteiger partial charge >= 0.3 is 0 Å². The molecule has 4 aromatic rings. The van der Waals surface area contributed by atoms with Crippen molar-refractivity contribution in [3.8, 4) is 11.5 Å². The van der Waals surface area contributed by atoms with Gasteiger partial charge in [0.2, 0.25) is 11.8 Å². The predicted octanol–water partition coefficient (Wildman–Crippen LogP) is 6.00. The second-order valence-electron chi connectivity index (χ2n) is 15.0. The normalized spacial score (nSPS) is 15.4. The zero-order valence-corrected chi connectivity index (χ0v) is 39.4. The molecule has 4 N–H and O–H groups in total. The number of hydrogen-bond acceptors (Lipinski definition) is 12. The summed E-state index contributed by atoms with van der Waals surface area (Å²) in [6, 6.07) is 30.9. The van der Waals surface area contributed by atoms with E-state index in [2.05, 4.69) is 27.7 Å². The highest BCUT2D eigenvalue weighted by Crippen LogP contribution is 2.23. The van der Waals surface area contributed by atoms with Crippen LogP contribution >= 0.6 is 0 Å². The summed E-state index contributed by atoms with van der Waals surface area (Å²) in [6.45, 7) is 10.6. The second-order valence-corrected chi connectivity index (χ2v) is 18.5. The molecule has 1 heterocycles. The molecule has 4 aromatic carbocycles. The Bertz CT molecular complexity index is 2200.